The Labute approximate surface area is 193 Å². The zero-order chi connectivity index (χ0) is 24.0. The SMILES string of the molecule is Cc1c(Cc2cccnc2S(=O)(=O)c2ccccc2)c2c(n1CC(=O)O)CC(C)(C)CC2=O. The molecule has 0 atom stereocenters. The van der Waals surface area contributed by atoms with E-state index in [1.165, 1.54) is 18.3 Å². The van der Waals surface area contributed by atoms with Gasteiger partial charge in [0.15, 0.2) is 10.8 Å². The van der Waals surface area contributed by atoms with Gasteiger partial charge in [0, 0.05) is 36.0 Å². The van der Waals surface area contributed by atoms with Crippen LogP contribution in [0.25, 0.3) is 0 Å². The van der Waals surface area contributed by atoms with E-state index in [9.17, 15) is 23.1 Å². The maximum Gasteiger partial charge on any atom is 0.323 e. The van der Waals surface area contributed by atoms with Crippen LogP contribution in [0.3, 0.4) is 0 Å². The van der Waals surface area contributed by atoms with Crippen molar-refractivity contribution in [3.8, 4) is 0 Å². The van der Waals surface area contributed by atoms with E-state index in [0.29, 0.717) is 40.9 Å². The van der Waals surface area contributed by atoms with Gasteiger partial charge in [-0.05, 0) is 48.1 Å². The first-order valence-electron chi connectivity index (χ1n) is 10.7. The number of ketones is 1. The highest BCUT2D eigenvalue weighted by atomic mass is 32.2. The number of nitrogens with zero attached hydrogens (tertiary/aromatic N) is 2. The maximum atomic E-state index is 13.3. The number of benzene rings is 1. The summed E-state index contributed by atoms with van der Waals surface area (Å²) in [4.78, 5) is 29.1. The monoisotopic (exact) mass is 466 g/mol. The number of aromatic nitrogens is 2. The number of carbonyl (C=O) groups is 2. The Hall–Kier alpha value is -3.26. The predicted octanol–water partition coefficient (Wildman–Crippen LogP) is 3.85. The van der Waals surface area contributed by atoms with Gasteiger partial charge >= 0.3 is 5.97 Å². The predicted molar refractivity (Wildman–Crippen MR) is 122 cm³/mol. The summed E-state index contributed by atoms with van der Waals surface area (Å²) in [5, 5.41) is 9.41. The van der Waals surface area contributed by atoms with Crippen LogP contribution >= 0.6 is 0 Å². The highest BCUT2D eigenvalue weighted by Gasteiger charge is 2.37. The molecule has 0 unspecified atom stereocenters. The highest BCUT2D eigenvalue weighted by molar-refractivity contribution is 7.91. The first kappa shape index (κ1) is 22.9. The van der Waals surface area contributed by atoms with Crippen molar-refractivity contribution in [3.05, 3.63) is 76.7 Å². The Morgan fingerprint density at radius 3 is 2.48 bits per heavy atom. The minimum atomic E-state index is -3.87. The lowest BCUT2D eigenvalue weighted by molar-refractivity contribution is -0.137. The van der Waals surface area contributed by atoms with Crippen molar-refractivity contribution in [2.45, 2.75) is 56.5 Å². The second-order valence-electron chi connectivity index (χ2n) is 9.27. The molecule has 1 aliphatic carbocycles. The van der Waals surface area contributed by atoms with Gasteiger partial charge in [-0.15, -0.1) is 0 Å². The molecule has 7 nitrogen and oxygen atoms in total. The summed E-state index contributed by atoms with van der Waals surface area (Å²) >= 11 is 0. The molecule has 172 valence electrons. The first-order chi connectivity index (χ1) is 15.5. The number of fused-ring (bicyclic) bond motifs is 1. The number of carboxylic acids is 1. The molecule has 0 fully saturated rings. The molecule has 33 heavy (non-hydrogen) atoms. The van der Waals surface area contributed by atoms with Crippen LogP contribution in [0.1, 0.15) is 53.1 Å². The Bertz CT molecular complexity index is 1350. The number of carbonyl (C=O) groups excluding carboxylic acids is 1. The summed E-state index contributed by atoms with van der Waals surface area (Å²) in [6.45, 7) is 5.53. The van der Waals surface area contributed by atoms with E-state index in [1.54, 1.807) is 41.8 Å². The number of aliphatic carboxylic acids is 1. The van der Waals surface area contributed by atoms with Crippen molar-refractivity contribution in [1.82, 2.24) is 9.55 Å². The Balaban J connectivity index is 1.86. The third-order valence-electron chi connectivity index (χ3n) is 6.14. The molecule has 4 rings (SSSR count). The van der Waals surface area contributed by atoms with Gasteiger partial charge in [-0.25, -0.2) is 13.4 Å². The number of hydrogen-bond acceptors (Lipinski definition) is 5. The first-order valence-corrected chi connectivity index (χ1v) is 12.2. The van der Waals surface area contributed by atoms with Crippen LogP contribution in [-0.4, -0.2) is 34.8 Å². The normalized spacial score (nSPS) is 15.3. The number of hydrogen-bond donors (Lipinski definition) is 1. The van der Waals surface area contributed by atoms with Gasteiger partial charge < -0.3 is 9.67 Å². The number of Topliss-reactive ketones (excluding diaryl/α,β-unsaturated/α-hetero) is 1. The maximum absolute atomic E-state index is 13.3. The van der Waals surface area contributed by atoms with Gasteiger partial charge in [0.05, 0.1) is 4.90 Å². The Morgan fingerprint density at radius 2 is 1.82 bits per heavy atom. The van der Waals surface area contributed by atoms with Crippen molar-refractivity contribution in [1.29, 1.82) is 0 Å². The molecular formula is C25H26N2O5S. The molecule has 1 aromatic carbocycles. The summed E-state index contributed by atoms with van der Waals surface area (Å²) < 4.78 is 28.3. The summed E-state index contributed by atoms with van der Waals surface area (Å²) in [5.41, 5.74) is 2.77. The molecule has 0 aliphatic heterocycles. The standard InChI is InChI=1S/C25H26N2O5S/c1-16-19(23-20(27(16)15-22(29)30)13-25(2,3)14-21(23)28)12-17-8-7-11-26-24(17)33(31,32)18-9-5-4-6-10-18/h4-11H,12-15H2,1-3H3,(H,29,30). The third kappa shape index (κ3) is 4.23. The smallest absolute Gasteiger partial charge is 0.323 e. The van der Waals surface area contributed by atoms with Crippen molar-refractivity contribution >= 4 is 21.6 Å². The molecule has 0 saturated carbocycles. The van der Waals surface area contributed by atoms with Gasteiger partial charge in [0.1, 0.15) is 6.54 Å². The Kier molecular flexibility index (Phi) is 5.74. The van der Waals surface area contributed by atoms with Crippen molar-refractivity contribution in [3.63, 3.8) is 0 Å². The molecule has 0 bridgehead atoms. The largest absolute Gasteiger partial charge is 0.480 e. The lowest BCUT2D eigenvalue weighted by atomic mass is 9.75. The zero-order valence-corrected chi connectivity index (χ0v) is 19.6. The molecule has 1 aliphatic rings. The van der Waals surface area contributed by atoms with Crippen molar-refractivity contribution in [2.75, 3.05) is 0 Å². The molecule has 0 saturated heterocycles. The van der Waals surface area contributed by atoms with Crippen LogP contribution in [0.15, 0.2) is 58.6 Å². The summed E-state index contributed by atoms with van der Waals surface area (Å²) in [5.74, 6) is -1.04. The fourth-order valence-corrected chi connectivity index (χ4v) is 6.10. The van der Waals surface area contributed by atoms with Crippen LogP contribution < -0.4 is 0 Å². The van der Waals surface area contributed by atoms with Crippen LogP contribution in [0.2, 0.25) is 0 Å². The molecule has 0 amide bonds. The van der Waals surface area contributed by atoms with E-state index in [0.717, 1.165) is 0 Å². The number of sulfone groups is 1. The van der Waals surface area contributed by atoms with E-state index in [2.05, 4.69) is 4.98 Å². The minimum absolute atomic E-state index is 0.0418. The van der Waals surface area contributed by atoms with Crippen molar-refractivity contribution in [2.24, 2.45) is 5.41 Å². The fourth-order valence-electron chi connectivity index (χ4n) is 4.68. The number of carboxylic acid groups (broad SMARTS) is 1. The van der Waals surface area contributed by atoms with Crippen LogP contribution in [0.5, 0.6) is 0 Å². The number of pyridine rings is 1. The molecule has 2 heterocycles. The van der Waals surface area contributed by atoms with E-state index in [1.807, 2.05) is 13.8 Å². The van der Waals surface area contributed by atoms with Crippen LogP contribution in [0.4, 0.5) is 0 Å². The molecular weight excluding hydrogens is 440 g/mol. The van der Waals surface area contributed by atoms with E-state index >= 15 is 0 Å². The van der Waals surface area contributed by atoms with Gasteiger partial charge in [-0.2, -0.15) is 0 Å². The summed E-state index contributed by atoms with van der Waals surface area (Å²) in [7, 11) is -3.87. The van der Waals surface area contributed by atoms with E-state index in [4.69, 9.17) is 0 Å². The topological polar surface area (TPSA) is 106 Å². The highest BCUT2D eigenvalue weighted by Crippen LogP contribution is 2.39. The second-order valence-corrected chi connectivity index (χ2v) is 11.1. The lowest BCUT2D eigenvalue weighted by Crippen LogP contribution is -2.29. The lowest BCUT2D eigenvalue weighted by Gasteiger charge is -2.30. The van der Waals surface area contributed by atoms with Crippen LogP contribution in [0, 0.1) is 12.3 Å². The van der Waals surface area contributed by atoms with Gasteiger partial charge in [-0.1, -0.05) is 38.1 Å². The number of rotatable bonds is 6. The Morgan fingerprint density at radius 1 is 1.12 bits per heavy atom. The average Bonchev–Trinajstić information content (AvgIpc) is 2.99. The zero-order valence-electron chi connectivity index (χ0n) is 18.8. The molecule has 0 radical (unpaired) electrons. The summed E-state index contributed by atoms with van der Waals surface area (Å²) in [6, 6.07) is 11.5. The van der Waals surface area contributed by atoms with E-state index < -0.39 is 15.8 Å². The molecule has 8 heteroatoms. The van der Waals surface area contributed by atoms with Gasteiger partial charge in [0.25, 0.3) is 0 Å². The molecule has 3 aromatic rings. The quantitative estimate of drug-likeness (QED) is 0.591. The minimum Gasteiger partial charge on any atom is -0.480 e. The van der Waals surface area contributed by atoms with Crippen LogP contribution in [-0.2, 0) is 34.0 Å². The third-order valence-corrected chi connectivity index (χ3v) is 7.91. The van der Waals surface area contributed by atoms with Crippen molar-refractivity contribution < 1.29 is 23.1 Å². The van der Waals surface area contributed by atoms with Gasteiger partial charge in [-0.3, -0.25) is 9.59 Å². The van der Waals surface area contributed by atoms with E-state index in [-0.39, 0.29) is 34.1 Å². The average molecular weight is 467 g/mol. The van der Waals surface area contributed by atoms with Gasteiger partial charge in [0.2, 0.25) is 9.84 Å². The summed E-state index contributed by atoms with van der Waals surface area (Å²) in [6.07, 6.45) is 2.53. The second kappa shape index (κ2) is 8.26. The molecule has 1 N–H and O–H groups in total. The molecule has 2 aromatic heterocycles. The fraction of sp³-hybridized carbons (Fsp3) is 0.320. The molecule has 0 spiro atoms.